The topological polar surface area (TPSA) is 72.5 Å². The van der Waals surface area contributed by atoms with Gasteiger partial charge in [-0.2, -0.15) is 0 Å². The van der Waals surface area contributed by atoms with Crippen molar-refractivity contribution in [2.24, 2.45) is 0 Å². The predicted molar refractivity (Wildman–Crippen MR) is 59.6 cm³/mol. The van der Waals surface area contributed by atoms with Gasteiger partial charge in [-0.15, -0.1) is 11.3 Å². The lowest BCUT2D eigenvalue weighted by molar-refractivity contribution is -0.145. The zero-order chi connectivity index (χ0) is 12.0. The van der Waals surface area contributed by atoms with Gasteiger partial charge in [0.1, 0.15) is 6.42 Å². The Labute approximate surface area is 96.4 Å². The van der Waals surface area contributed by atoms with Gasteiger partial charge in [-0.25, -0.2) is 0 Å². The zero-order valence-corrected chi connectivity index (χ0v) is 9.50. The number of nitrogens with one attached hydrogen (secondary N) is 1. The van der Waals surface area contributed by atoms with Crippen molar-refractivity contribution in [3.8, 4) is 0 Å². The smallest absolute Gasteiger partial charge is 0.315 e. The quantitative estimate of drug-likeness (QED) is 0.481. The molecule has 0 aromatic carbocycles. The third-order valence-electron chi connectivity index (χ3n) is 1.70. The van der Waals surface area contributed by atoms with Crippen LogP contribution in [0.3, 0.4) is 0 Å². The van der Waals surface area contributed by atoms with Crippen molar-refractivity contribution in [1.82, 2.24) is 0 Å². The Hall–Kier alpha value is -1.69. The van der Waals surface area contributed by atoms with Crippen LogP contribution in [0.15, 0.2) is 10.8 Å². The van der Waals surface area contributed by atoms with E-state index in [0.717, 1.165) is 0 Å². The van der Waals surface area contributed by atoms with E-state index in [1.807, 2.05) is 0 Å². The SMILES string of the molecule is CCOC(=O)CC(=O)Nc1cscc1C=O. The second kappa shape index (κ2) is 6.02. The van der Waals surface area contributed by atoms with Gasteiger partial charge in [0, 0.05) is 16.3 Å². The first-order valence-electron chi connectivity index (χ1n) is 4.64. The monoisotopic (exact) mass is 241 g/mol. The number of carbonyl (C=O) groups excluding carboxylic acids is 3. The molecule has 0 aliphatic rings. The first-order valence-corrected chi connectivity index (χ1v) is 5.58. The Morgan fingerprint density at radius 1 is 1.50 bits per heavy atom. The lowest BCUT2D eigenvalue weighted by atomic mass is 10.3. The number of anilines is 1. The van der Waals surface area contributed by atoms with Gasteiger partial charge in [0.25, 0.3) is 0 Å². The highest BCUT2D eigenvalue weighted by Gasteiger charge is 2.12. The number of rotatable bonds is 5. The van der Waals surface area contributed by atoms with Crippen molar-refractivity contribution in [3.05, 3.63) is 16.3 Å². The van der Waals surface area contributed by atoms with Crippen LogP contribution in [0.4, 0.5) is 5.69 Å². The predicted octanol–water partition coefficient (Wildman–Crippen LogP) is 1.45. The number of aldehydes is 1. The molecule has 1 rings (SSSR count). The molecule has 0 unspecified atom stereocenters. The summed E-state index contributed by atoms with van der Waals surface area (Å²) < 4.78 is 4.62. The number of hydrogen-bond acceptors (Lipinski definition) is 5. The van der Waals surface area contributed by atoms with Crippen LogP contribution in [0, 0.1) is 0 Å². The number of esters is 1. The molecule has 6 heteroatoms. The van der Waals surface area contributed by atoms with Gasteiger partial charge in [-0.05, 0) is 6.92 Å². The minimum absolute atomic E-state index is 0.240. The molecule has 0 atom stereocenters. The van der Waals surface area contributed by atoms with Gasteiger partial charge in [0.2, 0.25) is 5.91 Å². The number of hydrogen-bond donors (Lipinski definition) is 1. The van der Waals surface area contributed by atoms with Gasteiger partial charge in [0.15, 0.2) is 6.29 Å². The summed E-state index contributed by atoms with van der Waals surface area (Å²) in [5.41, 5.74) is 0.830. The van der Waals surface area contributed by atoms with E-state index in [9.17, 15) is 14.4 Å². The first-order chi connectivity index (χ1) is 7.67. The van der Waals surface area contributed by atoms with E-state index < -0.39 is 11.9 Å². The number of thiophene rings is 1. The highest BCUT2D eigenvalue weighted by molar-refractivity contribution is 7.08. The normalized spacial score (nSPS) is 9.56. The maximum Gasteiger partial charge on any atom is 0.315 e. The molecule has 0 aliphatic heterocycles. The van der Waals surface area contributed by atoms with Crippen LogP contribution >= 0.6 is 11.3 Å². The Morgan fingerprint density at radius 3 is 2.88 bits per heavy atom. The fourth-order valence-corrected chi connectivity index (χ4v) is 1.77. The minimum atomic E-state index is -0.581. The number of amides is 1. The maximum absolute atomic E-state index is 11.3. The summed E-state index contributed by atoms with van der Waals surface area (Å²) >= 11 is 1.30. The molecular formula is C10H11NO4S. The third-order valence-corrected chi connectivity index (χ3v) is 2.46. The second-order valence-corrected chi connectivity index (χ2v) is 3.63. The Morgan fingerprint density at radius 2 is 2.25 bits per heavy atom. The molecule has 0 bridgehead atoms. The summed E-state index contributed by atoms with van der Waals surface area (Å²) in [5.74, 6) is -1.07. The lowest BCUT2D eigenvalue weighted by Crippen LogP contribution is -2.18. The molecule has 0 fully saturated rings. The lowest BCUT2D eigenvalue weighted by Gasteiger charge is -2.03. The van der Waals surface area contributed by atoms with E-state index >= 15 is 0 Å². The molecule has 1 aromatic heterocycles. The Balaban J connectivity index is 2.51. The molecule has 1 N–H and O–H groups in total. The molecule has 5 nitrogen and oxygen atoms in total. The zero-order valence-electron chi connectivity index (χ0n) is 8.69. The molecule has 86 valence electrons. The van der Waals surface area contributed by atoms with Crippen LogP contribution in [-0.4, -0.2) is 24.8 Å². The minimum Gasteiger partial charge on any atom is -0.466 e. The molecule has 0 aliphatic carbocycles. The van der Waals surface area contributed by atoms with Gasteiger partial charge in [0.05, 0.1) is 12.3 Å². The van der Waals surface area contributed by atoms with Crippen molar-refractivity contribution in [1.29, 1.82) is 0 Å². The van der Waals surface area contributed by atoms with E-state index in [0.29, 0.717) is 17.5 Å². The van der Waals surface area contributed by atoms with E-state index in [4.69, 9.17) is 0 Å². The van der Waals surface area contributed by atoms with Crippen LogP contribution < -0.4 is 5.32 Å². The van der Waals surface area contributed by atoms with Gasteiger partial charge in [-0.3, -0.25) is 14.4 Å². The van der Waals surface area contributed by atoms with Crippen LogP contribution in [0.2, 0.25) is 0 Å². The molecule has 1 aromatic rings. The van der Waals surface area contributed by atoms with Crippen molar-refractivity contribution in [2.75, 3.05) is 11.9 Å². The first kappa shape index (κ1) is 12.4. The highest BCUT2D eigenvalue weighted by atomic mass is 32.1. The van der Waals surface area contributed by atoms with Gasteiger partial charge >= 0.3 is 5.97 Å². The van der Waals surface area contributed by atoms with Gasteiger partial charge < -0.3 is 10.1 Å². The molecular weight excluding hydrogens is 230 g/mol. The second-order valence-electron chi connectivity index (χ2n) is 2.89. The largest absolute Gasteiger partial charge is 0.466 e. The average molecular weight is 241 g/mol. The summed E-state index contributed by atoms with van der Waals surface area (Å²) in [4.78, 5) is 32.9. The summed E-state index contributed by atoms with van der Waals surface area (Å²) in [5, 5.41) is 5.72. The summed E-state index contributed by atoms with van der Waals surface area (Å²) in [6.07, 6.45) is 0.304. The van der Waals surface area contributed by atoms with E-state index in [1.165, 1.54) is 11.3 Å². The summed E-state index contributed by atoms with van der Waals surface area (Å²) in [6, 6.07) is 0. The molecule has 0 radical (unpaired) electrons. The van der Waals surface area contributed by atoms with E-state index in [2.05, 4.69) is 10.1 Å². The molecule has 1 amide bonds. The van der Waals surface area contributed by atoms with Crippen LogP contribution in [0.5, 0.6) is 0 Å². The van der Waals surface area contributed by atoms with E-state index in [1.54, 1.807) is 17.7 Å². The molecule has 0 saturated heterocycles. The van der Waals surface area contributed by atoms with Crippen molar-refractivity contribution in [2.45, 2.75) is 13.3 Å². The van der Waals surface area contributed by atoms with Crippen molar-refractivity contribution >= 4 is 35.2 Å². The Kier molecular flexibility index (Phi) is 4.65. The molecule has 1 heterocycles. The highest BCUT2D eigenvalue weighted by Crippen LogP contribution is 2.18. The van der Waals surface area contributed by atoms with Crippen LogP contribution in [0.1, 0.15) is 23.7 Å². The van der Waals surface area contributed by atoms with Crippen LogP contribution in [-0.2, 0) is 14.3 Å². The fraction of sp³-hybridized carbons (Fsp3) is 0.300. The summed E-state index contributed by atoms with van der Waals surface area (Å²) in [6.45, 7) is 1.91. The number of carbonyl (C=O) groups is 3. The summed E-state index contributed by atoms with van der Waals surface area (Å²) in [7, 11) is 0. The van der Waals surface area contributed by atoms with E-state index in [-0.39, 0.29) is 13.0 Å². The number of ether oxygens (including phenoxy) is 1. The standard InChI is InChI=1S/C10H11NO4S/c1-2-15-10(14)3-9(13)11-8-6-16-5-7(8)4-12/h4-6H,2-3H2,1H3,(H,11,13). The molecule has 16 heavy (non-hydrogen) atoms. The van der Waals surface area contributed by atoms with Crippen LogP contribution in [0.25, 0.3) is 0 Å². The fourth-order valence-electron chi connectivity index (χ4n) is 1.04. The molecule has 0 saturated carbocycles. The third kappa shape index (κ3) is 3.47. The van der Waals surface area contributed by atoms with Crippen molar-refractivity contribution < 1.29 is 19.1 Å². The average Bonchev–Trinajstić information content (AvgIpc) is 2.65. The van der Waals surface area contributed by atoms with Gasteiger partial charge in [-0.1, -0.05) is 0 Å². The Bertz CT molecular complexity index is 399. The molecule has 0 spiro atoms. The maximum atomic E-state index is 11.3. The van der Waals surface area contributed by atoms with Crippen molar-refractivity contribution in [3.63, 3.8) is 0 Å².